The van der Waals surface area contributed by atoms with Gasteiger partial charge in [-0.2, -0.15) is 0 Å². The van der Waals surface area contributed by atoms with Crippen molar-refractivity contribution >= 4 is 17.8 Å². The lowest BCUT2D eigenvalue weighted by molar-refractivity contribution is -0.163. The average Bonchev–Trinajstić information content (AvgIpc) is 2.79. The summed E-state index contributed by atoms with van der Waals surface area (Å²) in [5.41, 5.74) is -1.43. The highest BCUT2D eigenvalue weighted by Crippen LogP contribution is 2.37. The van der Waals surface area contributed by atoms with Gasteiger partial charge in [0.25, 0.3) is 0 Å². The molecule has 0 unspecified atom stereocenters. The summed E-state index contributed by atoms with van der Waals surface area (Å²) in [5.74, 6) is -3.61. The predicted molar refractivity (Wildman–Crippen MR) is 68.9 cm³/mol. The molecule has 1 aliphatic heterocycles. The molecule has 0 aromatic heterocycles. The molecular formula is C14H15NO5. The van der Waals surface area contributed by atoms with Crippen LogP contribution in [0.1, 0.15) is 24.8 Å². The van der Waals surface area contributed by atoms with Crippen molar-refractivity contribution in [1.29, 1.82) is 0 Å². The molecule has 0 aliphatic carbocycles. The van der Waals surface area contributed by atoms with E-state index in [1.165, 1.54) is 0 Å². The normalized spacial score (nSPS) is 25.1. The van der Waals surface area contributed by atoms with Gasteiger partial charge < -0.3 is 15.2 Å². The molecule has 2 N–H and O–H groups in total. The van der Waals surface area contributed by atoms with Crippen LogP contribution in [0.4, 0.5) is 0 Å². The van der Waals surface area contributed by atoms with E-state index in [1.807, 2.05) is 0 Å². The minimum absolute atomic E-state index is 0.0469. The standard InChI is InChI=1S/C14H15NO5/c1-2-20-13(19)14(12(17)18)10(8-11(16)15-14)9-6-4-3-5-7-9/h3-7,10H,2,8H2,1H3,(H,15,16)(H,17,18)/t10-,14+/m0/s1. The Morgan fingerprint density at radius 2 is 2.05 bits per heavy atom. The first-order valence-electron chi connectivity index (χ1n) is 6.29. The van der Waals surface area contributed by atoms with Crippen LogP contribution in [-0.2, 0) is 19.1 Å². The van der Waals surface area contributed by atoms with Gasteiger partial charge in [0.15, 0.2) is 0 Å². The Kier molecular flexibility index (Phi) is 3.74. The number of carboxylic acid groups (broad SMARTS) is 1. The van der Waals surface area contributed by atoms with Crippen LogP contribution in [0.15, 0.2) is 30.3 Å². The number of carboxylic acids is 1. The lowest BCUT2D eigenvalue weighted by atomic mass is 9.80. The van der Waals surface area contributed by atoms with E-state index in [4.69, 9.17) is 4.74 Å². The molecule has 1 aromatic carbocycles. The van der Waals surface area contributed by atoms with Gasteiger partial charge >= 0.3 is 11.9 Å². The van der Waals surface area contributed by atoms with E-state index in [0.29, 0.717) is 5.56 Å². The number of carbonyl (C=O) groups excluding carboxylic acids is 2. The van der Waals surface area contributed by atoms with E-state index in [1.54, 1.807) is 37.3 Å². The number of aliphatic carboxylic acids is 1. The second kappa shape index (κ2) is 5.32. The number of nitrogens with one attached hydrogen (secondary N) is 1. The Morgan fingerprint density at radius 3 is 2.60 bits per heavy atom. The molecule has 2 rings (SSSR count). The van der Waals surface area contributed by atoms with Gasteiger partial charge in [0, 0.05) is 12.3 Å². The fraction of sp³-hybridized carbons (Fsp3) is 0.357. The van der Waals surface area contributed by atoms with E-state index in [2.05, 4.69) is 5.32 Å². The minimum Gasteiger partial charge on any atom is -0.479 e. The molecule has 6 heteroatoms. The molecule has 1 amide bonds. The molecule has 106 valence electrons. The van der Waals surface area contributed by atoms with E-state index in [0.717, 1.165) is 0 Å². The quantitative estimate of drug-likeness (QED) is 0.623. The van der Waals surface area contributed by atoms with Gasteiger partial charge in [-0.1, -0.05) is 30.3 Å². The maximum atomic E-state index is 12.1. The number of esters is 1. The summed E-state index contributed by atoms with van der Waals surface area (Å²) < 4.78 is 4.86. The van der Waals surface area contributed by atoms with Crippen molar-refractivity contribution in [2.75, 3.05) is 6.61 Å². The van der Waals surface area contributed by atoms with Gasteiger partial charge in [0.05, 0.1) is 6.61 Å². The summed E-state index contributed by atoms with van der Waals surface area (Å²) in [6.45, 7) is 1.63. The summed E-state index contributed by atoms with van der Waals surface area (Å²) >= 11 is 0. The molecule has 1 saturated heterocycles. The summed E-state index contributed by atoms with van der Waals surface area (Å²) in [6.07, 6.45) is -0.0604. The minimum atomic E-state index is -2.05. The molecule has 20 heavy (non-hydrogen) atoms. The van der Waals surface area contributed by atoms with Crippen LogP contribution in [0.5, 0.6) is 0 Å². The largest absolute Gasteiger partial charge is 0.479 e. The Balaban J connectivity index is 2.50. The molecule has 1 aliphatic rings. The van der Waals surface area contributed by atoms with Crippen molar-refractivity contribution in [3.63, 3.8) is 0 Å². The van der Waals surface area contributed by atoms with E-state index in [-0.39, 0.29) is 13.0 Å². The van der Waals surface area contributed by atoms with Crippen LogP contribution in [0, 0.1) is 0 Å². The van der Waals surface area contributed by atoms with Gasteiger partial charge in [0.2, 0.25) is 11.4 Å². The highest BCUT2D eigenvalue weighted by atomic mass is 16.5. The average molecular weight is 277 g/mol. The smallest absolute Gasteiger partial charge is 0.344 e. The topological polar surface area (TPSA) is 92.7 Å². The summed E-state index contributed by atoms with van der Waals surface area (Å²) in [6, 6.07) is 8.63. The van der Waals surface area contributed by atoms with Crippen molar-refractivity contribution < 1.29 is 24.2 Å². The van der Waals surface area contributed by atoms with Gasteiger partial charge in [0.1, 0.15) is 0 Å². The second-order valence-electron chi connectivity index (χ2n) is 4.55. The highest BCUT2D eigenvalue weighted by molar-refractivity contribution is 6.11. The molecule has 1 heterocycles. The number of carbonyl (C=O) groups is 3. The van der Waals surface area contributed by atoms with Gasteiger partial charge in [-0.15, -0.1) is 0 Å². The molecule has 1 fully saturated rings. The Hall–Kier alpha value is -2.37. The van der Waals surface area contributed by atoms with Crippen LogP contribution in [0.3, 0.4) is 0 Å². The molecule has 0 spiro atoms. The van der Waals surface area contributed by atoms with Crippen LogP contribution in [0.2, 0.25) is 0 Å². The Bertz CT molecular complexity index is 542. The SMILES string of the molecule is CCOC(=O)[C@@]1(C(=O)O)NC(=O)C[C@H]1c1ccccc1. The molecule has 0 saturated carbocycles. The Morgan fingerprint density at radius 1 is 1.40 bits per heavy atom. The molecular weight excluding hydrogens is 262 g/mol. The molecule has 6 nitrogen and oxygen atoms in total. The van der Waals surface area contributed by atoms with Gasteiger partial charge in [-0.05, 0) is 12.5 Å². The van der Waals surface area contributed by atoms with E-state index >= 15 is 0 Å². The lowest BCUT2D eigenvalue weighted by Gasteiger charge is -2.28. The summed E-state index contributed by atoms with van der Waals surface area (Å²) in [4.78, 5) is 35.4. The van der Waals surface area contributed by atoms with Crippen molar-refractivity contribution in [1.82, 2.24) is 5.32 Å². The third-order valence-corrected chi connectivity index (χ3v) is 3.39. The third-order valence-electron chi connectivity index (χ3n) is 3.39. The fourth-order valence-electron chi connectivity index (χ4n) is 2.48. The maximum Gasteiger partial charge on any atom is 0.344 e. The van der Waals surface area contributed by atoms with Crippen molar-refractivity contribution in [3.8, 4) is 0 Å². The van der Waals surface area contributed by atoms with Crippen molar-refractivity contribution in [2.24, 2.45) is 0 Å². The first kappa shape index (κ1) is 14.0. The number of rotatable bonds is 4. The van der Waals surface area contributed by atoms with Gasteiger partial charge in [-0.25, -0.2) is 9.59 Å². The second-order valence-corrected chi connectivity index (χ2v) is 4.55. The predicted octanol–water partition coefficient (Wildman–Crippen LogP) is 0.677. The fourth-order valence-corrected chi connectivity index (χ4v) is 2.48. The van der Waals surface area contributed by atoms with Crippen LogP contribution in [-0.4, -0.2) is 35.1 Å². The number of ether oxygens (including phenoxy) is 1. The lowest BCUT2D eigenvalue weighted by Crippen LogP contribution is -2.59. The third kappa shape index (κ3) is 2.13. The molecule has 2 atom stereocenters. The zero-order valence-corrected chi connectivity index (χ0v) is 11.0. The zero-order chi connectivity index (χ0) is 14.8. The van der Waals surface area contributed by atoms with E-state index in [9.17, 15) is 19.5 Å². The monoisotopic (exact) mass is 277 g/mol. The highest BCUT2D eigenvalue weighted by Gasteiger charge is 2.60. The summed E-state index contributed by atoms with van der Waals surface area (Å²) in [7, 11) is 0. The maximum absolute atomic E-state index is 12.1. The zero-order valence-electron chi connectivity index (χ0n) is 11.0. The number of amides is 1. The van der Waals surface area contributed by atoms with E-state index < -0.39 is 29.3 Å². The van der Waals surface area contributed by atoms with Crippen LogP contribution in [0.25, 0.3) is 0 Å². The van der Waals surface area contributed by atoms with Crippen LogP contribution >= 0.6 is 0 Å². The first-order valence-corrected chi connectivity index (χ1v) is 6.29. The number of hydrogen-bond acceptors (Lipinski definition) is 4. The molecule has 1 aromatic rings. The number of benzene rings is 1. The van der Waals surface area contributed by atoms with Gasteiger partial charge in [-0.3, -0.25) is 4.79 Å². The number of hydrogen-bond donors (Lipinski definition) is 2. The Labute approximate surface area is 115 Å². The first-order chi connectivity index (χ1) is 9.52. The van der Waals surface area contributed by atoms with Crippen molar-refractivity contribution in [2.45, 2.75) is 24.8 Å². The van der Waals surface area contributed by atoms with Crippen molar-refractivity contribution in [3.05, 3.63) is 35.9 Å². The van der Waals surface area contributed by atoms with Crippen LogP contribution < -0.4 is 5.32 Å². The molecule has 0 bridgehead atoms. The summed E-state index contributed by atoms with van der Waals surface area (Å²) in [5, 5.41) is 11.8. The molecule has 0 radical (unpaired) electrons.